The van der Waals surface area contributed by atoms with Gasteiger partial charge in [-0.05, 0) is 50.3 Å². The van der Waals surface area contributed by atoms with Crippen LogP contribution in [0.25, 0.3) is 0 Å². The van der Waals surface area contributed by atoms with Crippen molar-refractivity contribution in [2.24, 2.45) is 11.3 Å². The summed E-state index contributed by atoms with van der Waals surface area (Å²) in [5.41, 5.74) is 0.939. The largest absolute Gasteiger partial charge is 0.489 e. The molecule has 0 aliphatic heterocycles. The number of hydrogen-bond acceptors (Lipinski definition) is 4. The van der Waals surface area contributed by atoms with Gasteiger partial charge in [-0.15, -0.1) is 0 Å². The lowest BCUT2D eigenvalue weighted by atomic mass is 9.48. The van der Waals surface area contributed by atoms with Gasteiger partial charge in [0.25, 0.3) is 5.91 Å². The van der Waals surface area contributed by atoms with Gasteiger partial charge in [-0.25, -0.2) is 0 Å². The van der Waals surface area contributed by atoms with Gasteiger partial charge >= 0.3 is 0 Å². The zero-order valence-electron chi connectivity index (χ0n) is 15.0. The number of para-hydroxylation sites is 1. The van der Waals surface area contributed by atoms with Crippen LogP contribution in [-0.4, -0.2) is 23.7 Å². The number of nitrogens with one attached hydrogen (secondary N) is 1. The number of aliphatic hydroxyl groups is 1. The zero-order valence-corrected chi connectivity index (χ0v) is 15.0. The van der Waals surface area contributed by atoms with Gasteiger partial charge in [0.2, 0.25) is 0 Å². The van der Waals surface area contributed by atoms with Crippen LogP contribution < -0.4 is 10.1 Å². The third kappa shape index (κ3) is 3.01. The first kappa shape index (κ1) is 17.2. The number of aryl methyl sites for hydroxylation is 1. The van der Waals surface area contributed by atoms with Crippen LogP contribution in [-0.2, 0) is 6.61 Å². The molecule has 1 aromatic heterocycles. The fraction of sp³-hybridized carbons (Fsp3) is 0.476. The molecular weight excluding hydrogens is 330 g/mol. The molecule has 0 radical (unpaired) electrons. The second-order valence-electron chi connectivity index (χ2n) is 7.54. The van der Waals surface area contributed by atoms with Crippen molar-refractivity contribution in [1.82, 2.24) is 5.32 Å². The van der Waals surface area contributed by atoms with E-state index in [1.165, 1.54) is 6.42 Å². The van der Waals surface area contributed by atoms with Crippen molar-refractivity contribution in [2.75, 3.05) is 6.54 Å². The van der Waals surface area contributed by atoms with Gasteiger partial charge in [0.1, 0.15) is 18.1 Å². The zero-order chi connectivity index (χ0) is 18.1. The molecule has 2 aliphatic rings. The van der Waals surface area contributed by atoms with Gasteiger partial charge in [-0.3, -0.25) is 4.79 Å². The number of amides is 1. The molecule has 0 bridgehead atoms. The van der Waals surface area contributed by atoms with Gasteiger partial charge in [0, 0.05) is 17.5 Å². The van der Waals surface area contributed by atoms with E-state index < -0.39 is 0 Å². The molecule has 1 spiro atoms. The highest BCUT2D eigenvalue weighted by Crippen LogP contribution is 2.59. The standard InChI is InChI=1S/C21H25NO4/c1-14-15(13-25-17-6-3-2-4-7-17)10-18(26-14)20(24)22-12-16-11-19(23)21(16)8-5-9-21/h2-4,6-7,10,16,19,23H,5,8-9,11-13H2,1H3,(H,22,24). The molecule has 1 amide bonds. The second kappa shape index (κ2) is 6.80. The third-order valence-electron chi connectivity index (χ3n) is 6.16. The first-order valence-corrected chi connectivity index (χ1v) is 9.32. The SMILES string of the molecule is Cc1oc(C(=O)NCC2CC(O)C23CCC3)cc1COc1ccccc1. The quantitative estimate of drug-likeness (QED) is 0.832. The van der Waals surface area contributed by atoms with Gasteiger partial charge in [0.15, 0.2) is 5.76 Å². The van der Waals surface area contributed by atoms with Gasteiger partial charge < -0.3 is 19.6 Å². The van der Waals surface area contributed by atoms with E-state index in [1.807, 2.05) is 37.3 Å². The summed E-state index contributed by atoms with van der Waals surface area (Å²) in [6.07, 6.45) is 3.94. The highest BCUT2D eigenvalue weighted by molar-refractivity contribution is 5.91. The normalized spacial score (nSPS) is 23.2. The molecule has 2 fully saturated rings. The molecule has 0 saturated heterocycles. The Labute approximate surface area is 153 Å². The van der Waals surface area contributed by atoms with Crippen LogP contribution in [0.5, 0.6) is 5.75 Å². The minimum Gasteiger partial charge on any atom is -0.489 e. The second-order valence-corrected chi connectivity index (χ2v) is 7.54. The molecule has 5 nitrogen and oxygen atoms in total. The molecule has 2 saturated carbocycles. The lowest BCUT2D eigenvalue weighted by Crippen LogP contribution is -2.60. The van der Waals surface area contributed by atoms with E-state index >= 15 is 0 Å². The molecule has 2 aromatic rings. The number of carbonyl (C=O) groups is 1. The van der Waals surface area contributed by atoms with E-state index in [1.54, 1.807) is 6.07 Å². The van der Waals surface area contributed by atoms with Gasteiger partial charge in [0.05, 0.1) is 6.10 Å². The van der Waals surface area contributed by atoms with E-state index in [-0.39, 0.29) is 17.4 Å². The number of ether oxygens (including phenoxy) is 1. The lowest BCUT2D eigenvalue weighted by molar-refractivity contribution is -0.167. The summed E-state index contributed by atoms with van der Waals surface area (Å²) in [4.78, 5) is 12.4. The summed E-state index contributed by atoms with van der Waals surface area (Å²) in [5.74, 6) is 1.98. The number of benzene rings is 1. The molecule has 26 heavy (non-hydrogen) atoms. The van der Waals surface area contributed by atoms with E-state index in [4.69, 9.17) is 9.15 Å². The fourth-order valence-corrected chi connectivity index (χ4v) is 4.22. The Balaban J connectivity index is 1.32. The predicted octanol–water partition coefficient (Wildman–Crippen LogP) is 3.45. The minimum atomic E-state index is -0.199. The molecule has 2 unspecified atom stereocenters. The maximum absolute atomic E-state index is 12.4. The first-order valence-electron chi connectivity index (χ1n) is 9.32. The van der Waals surface area contributed by atoms with Gasteiger partial charge in [-0.1, -0.05) is 24.6 Å². The third-order valence-corrected chi connectivity index (χ3v) is 6.16. The predicted molar refractivity (Wildman–Crippen MR) is 97.0 cm³/mol. The number of carbonyl (C=O) groups excluding carboxylic acids is 1. The van der Waals surface area contributed by atoms with E-state index in [0.29, 0.717) is 30.6 Å². The summed E-state index contributed by atoms with van der Waals surface area (Å²) >= 11 is 0. The van der Waals surface area contributed by atoms with Crippen LogP contribution in [0.2, 0.25) is 0 Å². The van der Waals surface area contributed by atoms with E-state index in [9.17, 15) is 9.90 Å². The Morgan fingerprint density at radius 3 is 2.77 bits per heavy atom. The van der Waals surface area contributed by atoms with Crippen molar-refractivity contribution in [3.05, 3.63) is 53.5 Å². The lowest BCUT2D eigenvalue weighted by Gasteiger charge is -2.59. The molecule has 5 heteroatoms. The molecule has 1 aromatic carbocycles. The summed E-state index contributed by atoms with van der Waals surface area (Å²) < 4.78 is 11.4. The maximum Gasteiger partial charge on any atom is 0.287 e. The highest BCUT2D eigenvalue weighted by atomic mass is 16.5. The van der Waals surface area contributed by atoms with E-state index in [2.05, 4.69) is 5.32 Å². The number of hydrogen-bond donors (Lipinski definition) is 2. The summed E-state index contributed by atoms with van der Waals surface area (Å²) in [6.45, 7) is 2.81. The molecule has 2 N–H and O–H groups in total. The van der Waals surface area contributed by atoms with Crippen molar-refractivity contribution in [3.63, 3.8) is 0 Å². The topological polar surface area (TPSA) is 71.7 Å². The Morgan fingerprint density at radius 2 is 2.12 bits per heavy atom. The maximum atomic E-state index is 12.4. The Kier molecular flexibility index (Phi) is 4.49. The summed E-state index contributed by atoms with van der Waals surface area (Å²) in [5, 5.41) is 13.0. The van der Waals surface area contributed by atoms with Gasteiger partial charge in [-0.2, -0.15) is 0 Å². The highest BCUT2D eigenvalue weighted by Gasteiger charge is 2.57. The number of rotatable bonds is 6. The van der Waals surface area contributed by atoms with Crippen molar-refractivity contribution in [3.8, 4) is 5.75 Å². The number of furan rings is 1. The summed E-state index contributed by atoms with van der Waals surface area (Å²) in [6, 6.07) is 11.3. The Bertz CT molecular complexity index is 779. The Hall–Kier alpha value is -2.27. The van der Waals surface area contributed by atoms with Crippen LogP contribution in [0.4, 0.5) is 0 Å². The van der Waals surface area contributed by atoms with Crippen molar-refractivity contribution >= 4 is 5.91 Å². The van der Waals surface area contributed by atoms with Crippen molar-refractivity contribution in [1.29, 1.82) is 0 Å². The first-order chi connectivity index (χ1) is 12.6. The average Bonchev–Trinajstić information content (AvgIpc) is 2.96. The summed E-state index contributed by atoms with van der Waals surface area (Å²) in [7, 11) is 0. The molecule has 2 atom stereocenters. The molecular formula is C21H25NO4. The smallest absolute Gasteiger partial charge is 0.287 e. The van der Waals surface area contributed by atoms with E-state index in [0.717, 1.165) is 30.6 Å². The average molecular weight is 355 g/mol. The molecule has 138 valence electrons. The minimum absolute atomic E-state index is 0.0705. The van der Waals surface area contributed by atoms with Crippen LogP contribution >= 0.6 is 0 Å². The van der Waals surface area contributed by atoms with Crippen molar-refractivity contribution in [2.45, 2.75) is 45.3 Å². The van der Waals surface area contributed by atoms with Crippen LogP contribution in [0.3, 0.4) is 0 Å². The molecule has 1 heterocycles. The van der Waals surface area contributed by atoms with Crippen LogP contribution in [0, 0.1) is 18.3 Å². The fourth-order valence-electron chi connectivity index (χ4n) is 4.22. The monoisotopic (exact) mass is 355 g/mol. The Morgan fingerprint density at radius 1 is 1.35 bits per heavy atom. The van der Waals surface area contributed by atoms with Crippen LogP contribution in [0.15, 0.2) is 40.8 Å². The number of aliphatic hydroxyl groups excluding tert-OH is 1. The van der Waals surface area contributed by atoms with Crippen molar-refractivity contribution < 1.29 is 19.1 Å². The molecule has 2 aliphatic carbocycles. The molecule has 4 rings (SSSR count). The van der Waals surface area contributed by atoms with Crippen LogP contribution in [0.1, 0.15) is 47.6 Å².